The number of pyridine rings is 2. The summed E-state index contributed by atoms with van der Waals surface area (Å²) in [5, 5.41) is 34.7. The van der Waals surface area contributed by atoms with Crippen LogP contribution in [0, 0.1) is 0 Å². The maximum atomic E-state index is 13.1. The molecule has 11 nitrogen and oxygen atoms in total. The molecule has 0 aliphatic rings. The zero-order chi connectivity index (χ0) is 24.1. The average Bonchev–Trinajstić information content (AvgIpc) is 2.77. The summed E-state index contributed by atoms with van der Waals surface area (Å²) in [6.45, 7) is -1.18. The molecule has 0 spiro atoms. The topological polar surface area (TPSA) is 171 Å². The average molecular weight is 473 g/mol. The molecule has 0 bridgehead atoms. The summed E-state index contributed by atoms with van der Waals surface area (Å²) >= 11 is 6.13. The number of hydrogen-bond donors (Lipinski definition) is 5. The van der Waals surface area contributed by atoms with E-state index in [9.17, 15) is 29.4 Å². The Morgan fingerprint density at radius 2 is 1.67 bits per heavy atom. The molecule has 0 radical (unpaired) electrons. The molecule has 1 aromatic carbocycles. The van der Waals surface area contributed by atoms with Crippen LogP contribution in [0.1, 0.15) is 26.3 Å². The van der Waals surface area contributed by atoms with E-state index in [2.05, 4.69) is 10.3 Å². The summed E-state index contributed by atoms with van der Waals surface area (Å²) < 4.78 is 0.679. The number of halogens is 1. The van der Waals surface area contributed by atoms with Crippen LogP contribution in [0.15, 0.2) is 53.6 Å². The van der Waals surface area contributed by atoms with Crippen LogP contribution in [0.4, 0.5) is 5.69 Å². The first-order valence-corrected chi connectivity index (χ1v) is 9.72. The first-order valence-electron chi connectivity index (χ1n) is 9.34. The van der Waals surface area contributed by atoms with Crippen LogP contribution in [-0.2, 0) is 11.3 Å². The van der Waals surface area contributed by atoms with Crippen LogP contribution in [0.5, 0.6) is 11.6 Å². The number of nitrogens with zero attached hydrogens (tertiary/aromatic N) is 2. The van der Waals surface area contributed by atoms with Gasteiger partial charge in [-0.05, 0) is 23.8 Å². The van der Waals surface area contributed by atoms with Crippen molar-refractivity contribution in [1.29, 1.82) is 0 Å². The molecule has 0 saturated carbocycles. The predicted octanol–water partition coefficient (Wildman–Crippen LogP) is 1.42. The smallest absolute Gasteiger partial charge is 0.322 e. The molecule has 2 aromatic heterocycles. The monoisotopic (exact) mass is 472 g/mol. The molecule has 3 rings (SSSR count). The summed E-state index contributed by atoms with van der Waals surface area (Å²) in [5.74, 6) is -5.74. The molecule has 0 atom stereocenters. The van der Waals surface area contributed by atoms with Gasteiger partial charge in [-0.2, -0.15) is 0 Å². The van der Waals surface area contributed by atoms with Crippen LogP contribution in [-0.4, -0.2) is 49.2 Å². The minimum atomic E-state index is -1.39. The molecular formula is C21H17ClN4O7. The second kappa shape index (κ2) is 9.83. The third-order valence-corrected chi connectivity index (χ3v) is 4.86. The Hall–Kier alpha value is -4.38. The molecule has 0 aliphatic heterocycles. The molecule has 3 aromatic rings. The fourth-order valence-corrected chi connectivity index (χ4v) is 3.12. The van der Waals surface area contributed by atoms with Gasteiger partial charge in [0.2, 0.25) is 5.88 Å². The van der Waals surface area contributed by atoms with Crippen LogP contribution in [0.2, 0.25) is 5.02 Å². The minimum Gasteiger partial charge on any atom is -0.506 e. The number of carboxylic acids is 1. The van der Waals surface area contributed by atoms with Crippen molar-refractivity contribution in [3.05, 3.63) is 80.9 Å². The standard InChI is InChI=1S/C21H17ClN4O7/c22-13-4-2-1-3-11(13)10-26-20(32)15(18(30)24-9-14(27)28)17(29)16(21(26)33)19(31)25-12-5-7-23-8-6-12/h1-8,29,32H,9-10H2,(H,24,30)(H,27,28)(H,23,25,31). The second-order valence-electron chi connectivity index (χ2n) is 6.67. The number of amides is 2. The number of hydrogen-bond acceptors (Lipinski definition) is 7. The largest absolute Gasteiger partial charge is 0.506 e. The first-order chi connectivity index (χ1) is 15.7. The Kier molecular flexibility index (Phi) is 6.94. The number of carboxylic acid groups (broad SMARTS) is 1. The van der Waals surface area contributed by atoms with E-state index in [0.717, 1.165) is 0 Å². The van der Waals surface area contributed by atoms with Gasteiger partial charge in [-0.3, -0.25) is 28.7 Å². The molecule has 0 fully saturated rings. The Morgan fingerprint density at radius 3 is 2.30 bits per heavy atom. The van der Waals surface area contributed by atoms with E-state index in [1.54, 1.807) is 18.2 Å². The number of aromatic hydroxyl groups is 2. The lowest BCUT2D eigenvalue weighted by Gasteiger charge is -2.17. The molecule has 5 N–H and O–H groups in total. The van der Waals surface area contributed by atoms with Crippen molar-refractivity contribution >= 4 is 35.1 Å². The number of carbonyl (C=O) groups is 3. The van der Waals surface area contributed by atoms with E-state index >= 15 is 0 Å². The highest BCUT2D eigenvalue weighted by Gasteiger charge is 2.30. The van der Waals surface area contributed by atoms with E-state index in [1.807, 2.05) is 5.32 Å². The van der Waals surface area contributed by atoms with Crippen molar-refractivity contribution in [3.63, 3.8) is 0 Å². The Morgan fingerprint density at radius 1 is 1.00 bits per heavy atom. The van der Waals surface area contributed by atoms with Gasteiger partial charge in [0.25, 0.3) is 17.4 Å². The van der Waals surface area contributed by atoms with E-state index in [1.165, 1.54) is 30.6 Å². The number of nitrogens with one attached hydrogen (secondary N) is 2. The second-order valence-corrected chi connectivity index (χ2v) is 7.08. The number of carbonyl (C=O) groups excluding carboxylic acids is 2. The highest BCUT2D eigenvalue weighted by molar-refractivity contribution is 6.31. The number of aliphatic carboxylic acids is 1. The molecule has 2 heterocycles. The Labute approximate surface area is 190 Å². The predicted molar refractivity (Wildman–Crippen MR) is 117 cm³/mol. The van der Waals surface area contributed by atoms with Crippen LogP contribution < -0.4 is 16.2 Å². The summed E-state index contributed by atoms with van der Waals surface area (Å²) in [7, 11) is 0. The fraction of sp³-hybridized carbons (Fsp3) is 0.0952. The van der Waals surface area contributed by atoms with Gasteiger partial charge in [-0.25, -0.2) is 0 Å². The molecule has 2 amide bonds. The summed E-state index contributed by atoms with van der Waals surface area (Å²) in [5.41, 5.74) is -2.16. The quantitative estimate of drug-likeness (QED) is 0.343. The van der Waals surface area contributed by atoms with Crippen LogP contribution in [0.25, 0.3) is 0 Å². The van der Waals surface area contributed by atoms with Crippen molar-refractivity contribution in [2.75, 3.05) is 11.9 Å². The highest BCUT2D eigenvalue weighted by Crippen LogP contribution is 2.30. The highest BCUT2D eigenvalue weighted by atomic mass is 35.5. The number of benzene rings is 1. The summed E-state index contributed by atoms with van der Waals surface area (Å²) in [4.78, 5) is 53.1. The lowest BCUT2D eigenvalue weighted by molar-refractivity contribution is -0.135. The van der Waals surface area contributed by atoms with E-state index in [-0.39, 0.29) is 17.3 Å². The minimum absolute atomic E-state index is 0.247. The third-order valence-electron chi connectivity index (χ3n) is 4.49. The first kappa shape index (κ1) is 23.3. The zero-order valence-electron chi connectivity index (χ0n) is 16.8. The van der Waals surface area contributed by atoms with E-state index < -0.39 is 52.6 Å². The molecule has 0 saturated heterocycles. The van der Waals surface area contributed by atoms with Crippen molar-refractivity contribution < 1.29 is 29.7 Å². The number of anilines is 1. The van der Waals surface area contributed by atoms with E-state index in [0.29, 0.717) is 10.1 Å². The molecule has 0 unspecified atom stereocenters. The maximum Gasteiger partial charge on any atom is 0.322 e. The Bertz CT molecular complexity index is 1290. The van der Waals surface area contributed by atoms with Crippen molar-refractivity contribution in [1.82, 2.24) is 14.9 Å². The number of aromatic nitrogens is 2. The molecular weight excluding hydrogens is 456 g/mol. The molecule has 170 valence electrons. The van der Waals surface area contributed by atoms with Gasteiger partial charge in [0.1, 0.15) is 17.7 Å². The maximum absolute atomic E-state index is 13.1. The van der Waals surface area contributed by atoms with Gasteiger partial charge in [0.15, 0.2) is 5.75 Å². The van der Waals surface area contributed by atoms with Gasteiger partial charge >= 0.3 is 5.97 Å². The summed E-state index contributed by atoms with van der Waals surface area (Å²) in [6, 6.07) is 9.22. The SMILES string of the molecule is O=C(O)CNC(=O)c1c(O)c(C(=O)Nc2ccncc2)c(=O)n(Cc2ccccc2Cl)c1O. The van der Waals surface area contributed by atoms with Crippen molar-refractivity contribution in [2.24, 2.45) is 0 Å². The number of rotatable bonds is 7. The third kappa shape index (κ3) is 5.10. The van der Waals surface area contributed by atoms with E-state index in [4.69, 9.17) is 16.7 Å². The fourth-order valence-electron chi connectivity index (χ4n) is 2.93. The zero-order valence-corrected chi connectivity index (χ0v) is 17.5. The summed E-state index contributed by atoms with van der Waals surface area (Å²) in [6.07, 6.45) is 2.76. The molecule has 12 heteroatoms. The van der Waals surface area contributed by atoms with Crippen molar-refractivity contribution in [2.45, 2.75) is 6.54 Å². The van der Waals surface area contributed by atoms with Gasteiger partial charge in [-0.1, -0.05) is 29.8 Å². The molecule has 33 heavy (non-hydrogen) atoms. The molecule has 0 aliphatic carbocycles. The van der Waals surface area contributed by atoms with Gasteiger partial charge in [-0.15, -0.1) is 0 Å². The van der Waals surface area contributed by atoms with Crippen LogP contribution >= 0.6 is 11.6 Å². The van der Waals surface area contributed by atoms with Gasteiger partial charge in [0, 0.05) is 23.1 Å². The Balaban J connectivity index is 2.16. The van der Waals surface area contributed by atoms with Gasteiger partial charge in [0.05, 0.1) is 6.54 Å². The van der Waals surface area contributed by atoms with Crippen LogP contribution in [0.3, 0.4) is 0 Å². The van der Waals surface area contributed by atoms with Gasteiger partial charge < -0.3 is 26.0 Å². The lowest BCUT2D eigenvalue weighted by atomic mass is 10.1. The van der Waals surface area contributed by atoms with Crippen molar-refractivity contribution in [3.8, 4) is 11.6 Å². The lowest BCUT2D eigenvalue weighted by Crippen LogP contribution is -2.34. The normalized spacial score (nSPS) is 10.5.